The van der Waals surface area contributed by atoms with Crippen LogP contribution in [-0.4, -0.2) is 42.7 Å². The van der Waals surface area contributed by atoms with Crippen molar-refractivity contribution in [3.8, 4) is 28.8 Å². The van der Waals surface area contributed by atoms with Gasteiger partial charge in [-0.1, -0.05) is 0 Å². The minimum atomic E-state index is -0.338. The molecule has 1 aliphatic rings. The summed E-state index contributed by atoms with van der Waals surface area (Å²) in [5, 5.41) is 0. The molecule has 4 aromatic heterocycles. The van der Waals surface area contributed by atoms with Crippen molar-refractivity contribution < 1.29 is 9.47 Å². The summed E-state index contributed by atoms with van der Waals surface area (Å²) in [6.45, 7) is 1.02. The first-order chi connectivity index (χ1) is 13.3. The lowest BCUT2D eigenvalue weighted by Crippen LogP contribution is -2.17. The second-order valence-corrected chi connectivity index (χ2v) is 6.14. The molecule has 0 spiro atoms. The van der Waals surface area contributed by atoms with E-state index in [9.17, 15) is 4.79 Å². The van der Waals surface area contributed by atoms with Crippen molar-refractivity contribution in [3.63, 3.8) is 0 Å². The van der Waals surface area contributed by atoms with E-state index in [4.69, 9.17) is 9.47 Å². The lowest BCUT2D eigenvalue weighted by Gasteiger charge is -2.14. The van der Waals surface area contributed by atoms with Crippen molar-refractivity contribution in [2.45, 2.75) is 12.8 Å². The first-order valence-electron chi connectivity index (χ1n) is 8.68. The average Bonchev–Trinajstić information content (AvgIpc) is 3.31. The van der Waals surface area contributed by atoms with E-state index in [0.717, 1.165) is 18.4 Å². The fourth-order valence-corrected chi connectivity index (χ4v) is 3.15. The molecule has 2 bridgehead atoms. The Balaban J connectivity index is 1.76. The molecule has 0 fully saturated rings. The van der Waals surface area contributed by atoms with Gasteiger partial charge < -0.3 is 14.5 Å². The van der Waals surface area contributed by atoms with Crippen LogP contribution in [0, 0.1) is 0 Å². The monoisotopic (exact) mass is 364 g/mol. The summed E-state index contributed by atoms with van der Waals surface area (Å²) in [5.41, 5.74) is 1.42. The molecule has 1 aliphatic heterocycles. The van der Waals surface area contributed by atoms with Gasteiger partial charge in [0, 0.05) is 24.7 Å². The number of hydrogen-bond acceptors (Lipinski definition) is 6. The predicted octanol–water partition coefficient (Wildman–Crippen LogP) is 2.05. The fourth-order valence-electron chi connectivity index (χ4n) is 3.15. The lowest BCUT2D eigenvalue weighted by atomic mass is 10.2. The van der Waals surface area contributed by atoms with Gasteiger partial charge >= 0.3 is 5.69 Å². The summed E-state index contributed by atoms with van der Waals surface area (Å²) in [7, 11) is 0. The smallest absolute Gasteiger partial charge is 0.333 e. The van der Waals surface area contributed by atoms with Crippen molar-refractivity contribution in [1.82, 2.24) is 29.5 Å². The Kier molecular flexibility index (Phi) is 3.63. The Morgan fingerprint density at radius 1 is 1.04 bits per heavy atom. The van der Waals surface area contributed by atoms with Crippen LogP contribution < -0.4 is 15.2 Å². The molecule has 5 rings (SSSR count). The zero-order valence-electron chi connectivity index (χ0n) is 14.3. The molecule has 0 aromatic carbocycles. The van der Waals surface area contributed by atoms with Gasteiger partial charge in [-0.25, -0.2) is 19.3 Å². The second kappa shape index (κ2) is 6.27. The van der Waals surface area contributed by atoms with E-state index in [1.807, 2.05) is 6.07 Å². The third-order valence-corrected chi connectivity index (χ3v) is 4.40. The molecule has 0 aliphatic carbocycles. The van der Waals surface area contributed by atoms with Crippen molar-refractivity contribution >= 4 is 11.2 Å². The summed E-state index contributed by atoms with van der Waals surface area (Å²) >= 11 is 0. The molecule has 0 radical (unpaired) electrons. The molecule has 0 atom stereocenters. The zero-order chi connectivity index (χ0) is 18.2. The van der Waals surface area contributed by atoms with E-state index >= 15 is 0 Å². The van der Waals surface area contributed by atoms with Crippen molar-refractivity contribution in [2.75, 3.05) is 13.2 Å². The fraction of sp³-hybridized carbons (Fsp3) is 0.222. The molecule has 9 nitrogen and oxygen atoms in total. The number of H-pyrrole nitrogens is 2. The molecule has 0 amide bonds. The number of fused-ring (bicyclic) bond motifs is 3. The summed E-state index contributed by atoms with van der Waals surface area (Å²) in [6, 6.07) is 5.35. The van der Waals surface area contributed by atoms with Gasteiger partial charge in [0.25, 0.3) is 0 Å². The van der Waals surface area contributed by atoms with Gasteiger partial charge in [0.05, 0.1) is 18.8 Å². The molecule has 0 unspecified atom stereocenters. The minimum absolute atomic E-state index is 0.338. The molecule has 9 heteroatoms. The lowest BCUT2D eigenvalue weighted by molar-refractivity contribution is 0.261. The van der Waals surface area contributed by atoms with E-state index < -0.39 is 0 Å². The van der Waals surface area contributed by atoms with Crippen LogP contribution in [0.5, 0.6) is 11.6 Å². The average molecular weight is 364 g/mol. The molecule has 136 valence electrons. The van der Waals surface area contributed by atoms with Crippen molar-refractivity contribution in [2.24, 2.45) is 0 Å². The number of nitrogens with zero attached hydrogens (tertiary/aromatic N) is 4. The maximum atomic E-state index is 12.6. The van der Waals surface area contributed by atoms with Gasteiger partial charge in [0.1, 0.15) is 22.9 Å². The van der Waals surface area contributed by atoms with Crippen LogP contribution in [0.2, 0.25) is 0 Å². The Labute approximate surface area is 153 Å². The molecule has 0 saturated heterocycles. The topological polar surface area (TPSA) is 111 Å². The molecular weight excluding hydrogens is 348 g/mol. The highest BCUT2D eigenvalue weighted by molar-refractivity contribution is 5.80. The largest absolute Gasteiger partial charge is 0.491 e. The van der Waals surface area contributed by atoms with E-state index in [0.29, 0.717) is 47.6 Å². The van der Waals surface area contributed by atoms with Crippen LogP contribution in [0.4, 0.5) is 0 Å². The summed E-state index contributed by atoms with van der Waals surface area (Å²) < 4.78 is 13.2. The maximum absolute atomic E-state index is 12.6. The van der Waals surface area contributed by atoms with Crippen LogP contribution in [0.3, 0.4) is 0 Å². The van der Waals surface area contributed by atoms with Crippen molar-refractivity contribution in [1.29, 1.82) is 0 Å². The van der Waals surface area contributed by atoms with Crippen LogP contribution in [0.25, 0.3) is 28.4 Å². The normalized spacial score (nSPS) is 14.1. The van der Waals surface area contributed by atoms with Gasteiger partial charge in [-0.3, -0.25) is 4.98 Å². The molecule has 0 saturated carbocycles. The summed E-state index contributed by atoms with van der Waals surface area (Å²) in [5.74, 6) is 2.11. The number of aromatic amines is 2. The van der Waals surface area contributed by atoms with Gasteiger partial charge in [-0.05, 0) is 25.0 Å². The highest BCUT2D eigenvalue weighted by Crippen LogP contribution is 2.30. The van der Waals surface area contributed by atoms with E-state index in [2.05, 4.69) is 24.9 Å². The molecule has 5 heterocycles. The van der Waals surface area contributed by atoms with E-state index in [1.54, 1.807) is 30.7 Å². The number of nitrogens with one attached hydrogen (secondary N) is 2. The minimum Gasteiger partial charge on any atom is -0.491 e. The molecule has 4 aromatic rings. The number of pyridine rings is 2. The first-order valence-corrected chi connectivity index (χ1v) is 8.68. The van der Waals surface area contributed by atoms with Crippen LogP contribution in [0.1, 0.15) is 12.8 Å². The SMILES string of the molecule is O=c1[nH]c2nccc3c2n1-c1ccc(-c2ncc[nH]2)c(n1)OCCCCO3. The van der Waals surface area contributed by atoms with Gasteiger partial charge in [-0.15, -0.1) is 0 Å². The van der Waals surface area contributed by atoms with Crippen LogP contribution in [0.15, 0.2) is 41.6 Å². The molecule has 27 heavy (non-hydrogen) atoms. The Morgan fingerprint density at radius 2 is 1.93 bits per heavy atom. The number of rotatable bonds is 1. The summed E-state index contributed by atoms with van der Waals surface area (Å²) in [4.78, 5) is 31.5. The number of aromatic nitrogens is 6. The third kappa shape index (κ3) is 2.64. The number of ether oxygens (including phenoxy) is 2. The first kappa shape index (κ1) is 15.6. The zero-order valence-corrected chi connectivity index (χ0v) is 14.3. The highest BCUT2D eigenvalue weighted by atomic mass is 16.5. The number of hydrogen-bond donors (Lipinski definition) is 2. The summed E-state index contributed by atoms with van der Waals surface area (Å²) in [6.07, 6.45) is 6.66. The van der Waals surface area contributed by atoms with Gasteiger partial charge in [0.2, 0.25) is 5.88 Å². The predicted molar refractivity (Wildman–Crippen MR) is 97.3 cm³/mol. The van der Waals surface area contributed by atoms with Crippen molar-refractivity contribution in [3.05, 3.63) is 47.3 Å². The maximum Gasteiger partial charge on any atom is 0.333 e. The van der Waals surface area contributed by atoms with Gasteiger partial charge in [0.15, 0.2) is 5.65 Å². The van der Waals surface area contributed by atoms with Crippen LogP contribution >= 0.6 is 0 Å². The van der Waals surface area contributed by atoms with Gasteiger partial charge in [-0.2, -0.15) is 4.98 Å². The Morgan fingerprint density at radius 3 is 2.78 bits per heavy atom. The van der Waals surface area contributed by atoms with E-state index in [1.165, 1.54) is 4.57 Å². The standard InChI is InChI=1S/C18H16N6O3/c25-18-23-16-14-12(5-6-19-16)26-9-1-2-10-27-17-11(15-20-7-8-21-15)3-4-13(22-17)24(14)18/h3-8H,1-2,9-10H2,(H,20,21)(H,19,23,25). The Bertz CT molecular complexity index is 1160. The molecular formula is C18H16N6O3. The quantitative estimate of drug-likeness (QED) is 0.535. The highest BCUT2D eigenvalue weighted by Gasteiger charge is 2.19. The Hall–Kier alpha value is -3.62. The van der Waals surface area contributed by atoms with Crippen LogP contribution in [-0.2, 0) is 0 Å². The second-order valence-electron chi connectivity index (χ2n) is 6.14. The number of imidazole rings is 2. The third-order valence-electron chi connectivity index (χ3n) is 4.40. The van der Waals surface area contributed by atoms with E-state index in [-0.39, 0.29) is 5.69 Å². The molecule has 2 N–H and O–H groups in total.